The van der Waals surface area contributed by atoms with Crippen LogP contribution in [0.1, 0.15) is 18.9 Å². The lowest BCUT2D eigenvalue weighted by Crippen LogP contribution is -2.17. The highest BCUT2D eigenvalue weighted by atomic mass is 16.6. The molecule has 0 heterocycles. The Morgan fingerprint density at radius 1 is 1.62 bits per heavy atom. The van der Waals surface area contributed by atoms with Gasteiger partial charge in [0.1, 0.15) is 5.69 Å². The summed E-state index contributed by atoms with van der Waals surface area (Å²) in [7, 11) is 0. The van der Waals surface area contributed by atoms with Crippen molar-refractivity contribution in [3.05, 3.63) is 33.9 Å². The fraction of sp³-hybridized carbons (Fsp3) is 0.455. The van der Waals surface area contributed by atoms with E-state index in [1.54, 1.807) is 6.07 Å². The largest absolute Gasteiger partial charge is 0.393 e. The second kappa shape index (κ2) is 4.09. The van der Waals surface area contributed by atoms with E-state index in [0.717, 1.165) is 11.5 Å². The number of nitrogens with two attached hydrogens (primary N) is 1. The number of hydrogen-bond donors (Lipinski definition) is 2. The molecular weight excluding hydrogens is 206 g/mol. The Morgan fingerprint density at radius 2 is 2.31 bits per heavy atom. The fourth-order valence-electron chi connectivity index (χ4n) is 1.71. The standard InChI is InChI=1S/C11H15N3O2/c1-7-4-10(7)13-6-8-2-3-9(12)11(5-8)14(15)16/h2-3,5,7,10,13H,4,6,12H2,1H3. The molecule has 1 aromatic carbocycles. The predicted octanol–water partition coefficient (Wildman–Crippen LogP) is 1.67. The number of nitrogen functional groups attached to an aromatic ring is 1. The molecule has 0 bridgehead atoms. The van der Waals surface area contributed by atoms with Gasteiger partial charge in [0.2, 0.25) is 0 Å². The van der Waals surface area contributed by atoms with Gasteiger partial charge in [0.05, 0.1) is 4.92 Å². The highest BCUT2D eigenvalue weighted by Gasteiger charge is 2.31. The summed E-state index contributed by atoms with van der Waals surface area (Å²) >= 11 is 0. The lowest BCUT2D eigenvalue weighted by Gasteiger charge is -2.04. The van der Waals surface area contributed by atoms with Crippen molar-refractivity contribution >= 4 is 11.4 Å². The summed E-state index contributed by atoms with van der Waals surface area (Å²) < 4.78 is 0. The van der Waals surface area contributed by atoms with Crippen LogP contribution in [-0.2, 0) is 6.54 Å². The second-order valence-corrected chi connectivity index (χ2v) is 4.35. The Kier molecular flexibility index (Phi) is 2.78. The predicted molar refractivity (Wildman–Crippen MR) is 61.9 cm³/mol. The zero-order valence-electron chi connectivity index (χ0n) is 9.14. The zero-order valence-corrected chi connectivity index (χ0v) is 9.14. The Bertz CT molecular complexity index is 420. The summed E-state index contributed by atoms with van der Waals surface area (Å²) in [5, 5.41) is 14.0. The molecule has 0 aromatic heterocycles. The van der Waals surface area contributed by atoms with Gasteiger partial charge in [0.25, 0.3) is 5.69 Å². The molecule has 1 aliphatic carbocycles. The van der Waals surface area contributed by atoms with E-state index in [1.165, 1.54) is 12.5 Å². The maximum atomic E-state index is 10.7. The summed E-state index contributed by atoms with van der Waals surface area (Å²) in [6.07, 6.45) is 1.19. The Morgan fingerprint density at radius 3 is 2.88 bits per heavy atom. The minimum atomic E-state index is -0.446. The molecule has 3 N–H and O–H groups in total. The normalized spacial score (nSPS) is 23.1. The minimum Gasteiger partial charge on any atom is -0.393 e. The zero-order chi connectivity index (χ0) is 11.7. The topological polar surface area (TPSA) is 81.2 Å². The molecular formula is C11H15N3O2. The van der Waals surface area contributed by atoms with Crippen LogP contribution >= 0.6 is 0 Å². The van der Waals surface area contributed by atoms with Gasteiger partial charge in [-0.3, -0.25) is 10.1 Å². The third-order valence-electron chi connectivity index (χ3n) is 2.97. The molecule has 86 valence electrons. The summed E-state index contributed by atoms with van der Waals surface area (Å²) in [6, 6.07) is 5.51. The minimum absolute atomic E-state index is 0.0110. The van der Waals surface area contributed by atoms with Crippen molar-refractivity contribution in [2.45, 2.75) is 25.9 Å². The van der Waals surface area contributed by atoms with Crippen LogP contribution in [0.2, 0.25) is 0 Å². The number of nitro benzene ring substituents is 1. The van der Waals surface area contributed by atoms with Crippen molar-refractivity contribution in [2.75, 3.05) is 5.73 Å². The molecule has 1 aliphatic rings. The SMILES string of the molecule is CC1CC1NCc1ccc(N)c([N+](=O)[O-])c1. The van der Waals surface area contributed by atoms with Gasteiger partial charge < -0.3 is 11.1 Å². The molecule has 0 spiro atoms. The van der Waals surface area contributed by atoms with Crippen LogP contribution in [0, 0.1) is 16.0 Å². The van der Waals surface area contributed by atoms with Gasteiger partial charge in [-0.1, -0.05) is 13.0 Å². The van der Waals surface area contributed by atoms with Gasteiger partial charge in [0.15, 0.2) is 0 Å². The maximum absolute atomic E-state index is 10.7. The molecule has 1 fully saturated rings. The highest BCUT2D eigenvalue weighted by molar-refractivity contribution is 5.59. The molecule has 5 heteroatoms. The highest BCUT2D eigenvalue weighted by Crippen LogP contribution is 2.29. The quantitative estimate of drug-likeness (QED) is 0.460. The molecule has 16 heavy (non-hydrogen) atoms. The fourth-order valence-corrected chi connectivity index (χ4v) is 1.71. The van der Waals surface area contributed by atoms with Crippen molar-refractivity contribution in [3.8, 4) is 0 Å². The Labute approximate surface area is 93.8 Å². The number of benzene rings is 1. The first-order chi connectivity index (χ1) is 7.58. The van der Waals surface area contributed by atoms with Gasteiger partial charge in [-0.05, 0) is 24.0 Å². The summed E-state index contributed by atoms with van der Waals surface area (Å²) in [4.78, 5) is 10.2. The molecule has 0 saturated heterocycles. The van der Waals surface area contributed by atoms with Gasteiger partial charge in [0, 0.05) is 18.7 Å². The molecule has 0 aliphatic heterocycles. The number of nitrogens with one attached hydrogen (secondary N) is 1. The molecule has 0 amide bonds. The molecule has 2 unspecified atom stereocenters. The van der Waals surface area contributed by atoms with Crippen LogP contribution in [0.5, 0.6) is 0 Å². The summed E-state index contributed by atoms with van der Waals surface area (Å²) in [5.41, 5.74) is 6.63. The van der Waals surface area contributed by atoms with Crippen LogP contribution < -0.4 is 11.1 Å². The first-order valence-corrected chi connectivity index (χ1v) is 5.34. The van der Waals surface area contributed by atoms with Crippen molar-refractivity contribution in [3.63, 3.8) is 0 Å². The van der Waals surface area contributed by atoms with Crippen molar-refractivity contribution < 1.29 is 4.92 Å². The summed E-state index contributed by atoms with van der Waals surface area (Å²) in [6.45, 7) is 2.85. The average molecular weight is 221 g/mol. The van der Waals surface area contributed by atoms with E-state index < -0.39 is 4.92 Å². The smallest absolute Gasteiger partial charge is 0.292 e. The van der Waals surface area contributed by atoms with E-state index in [2.05, 4.69) is 12.2 Å². The number of nitrogens with zero attached hydrogens (tertiary/aromatic N) is 1. The lowest BCUT2D eigenvalue weighted by atomic mass is 10.1. The first kappa shape index (κ1) is 10.9. The lowest BCUT2D eigenvalue weighted by molar-refractivity contribution is -0.384. The molecule has 1 aromatic rings. The number of rotatable bonds is 4. The molecule has 2 atom stereocenters. The van der Waals surface area contributed by atoms with Gasteiger partial charge in [-0.2, -0.15) is 0 Å². The van der Waals surface area contributed by atoms with Crippen LogP contribution in [0.25, 0.3) is 0 Å². The second-order valence-electron chi connectivity index (χ2n) is 4.35. The third kappa shape index (κ3) is 2.30. The van der Waals surface area contributed by atoms with Crippen molar-refractivity contribution in [1.82, 2.24) is 5.32 Å². The number of nitro groups is 1. The first-order valence-electron chi connectivity index (χ1n) is 5.34. The van der Waals surface area contributed by atoms with Crippen LogP contribution in [0.3, 0.4) is 0 Å². The number of anilines is 1. The van der Waals surface area contributed by atoms with Crippen molar-refractivity contribution in [1.29, 1.82) is 0 Å². The van der Waals surface area contributed by atoms with Gasteiger partial charge in [-0.25, -0.2) is 0 Å². The molecule has 2 rings (SSSR count). The summed E-state index contributed by atoms with van der Waals surface area (Å²) in [5.74, 6) is 0.726. The molecule has 1 saturated carbocycles. The van der Waals surface area contributed by atoms with E-state index in [0.29, 0.717) is 12.6 Å². The van der Waals surface area contributed by atoms with Gasteiger partial charge >= 0.3 is 0 Å². The Hall–Kier alpha value is -1.62. The van der Waals surface area contributed by atoms with Crippen LogP contribution in [0.15, 0.2) is 18.2 Å². The van der Waals surface area contributed by atoms with E-state index in [4.69, 9.17) is 5.73 Å². The number of hydrogen-bond acceptors (Lipinski definition) is 4. The molecule has 5 nitrogen and oxygen atoms in total. The van der Waals surface area contributed by atoms with Gasteiger partial charge in [-0.15, -0.1) is 0 Å². The monoisotopic (exact) mass is 221 g/mol. The van der Waals surface area contributed by atoms with Crippen LogP contribution in [0.4, 0.5) is 11.4 Å². The van der Waals surface area contributed by atoms with E-state index in [1.807, 2.05) is 6.07 Å². The van der Waals surface area contributed by atoms with E-state index in [9.17, 15) is 10.1 Å². The third-order valence-corrected chi connectivity index (χ3v) is 2.97. The van der Waals surface area contributed by atoms with Crippen molar-refractivity contribution in [2.24, 2.45) is 5.92 Å². The van der Waals surface area contributed by atoms with E-state index in [-0.39, 0.29) is 11.4 Å². The molecule has 0 radical (unpaired) electrons. The average Bonchev–Trinajstić information content (AvgIpc) is 2.93. The van der Waals surface area contributed by atoms with E-state index >= 15 is 0 Å². The maximum Gasteiger partial charge on any atom is 0.292 e. The Balaban J connectivity index is 2.04. The van der Waals surface area contributed by atoms with Crippen LogP contribution in [-0.4, -0.2) is 11.0 Å².